The lowest BCUT2D eigenvalue weighted by atomic mass is 10.1. The highest BCUT2D eigenvalue weighted by molar-refractivity contribution is 8.00. The molecule has 5 nitrogen and oxygen atoms in total. The van der Waals surface area contributed by atoms with Crippen LogP contribution in [0.2, 0.25) is 0 Å². The minimum Gasteiger partial charge on any atom is -0.497 e. The fourth-order valence-electron chi connectivity index (χ4n) is 2.69. The Morgan fingerprint density at radius 3 is 2.43 bits per heavy atom. The minimum absolute atomic E-state index is 0.00312. The second-order valence-electron chi connectivity index (χ2n) is 6.32. The molecule has 3 rings (SSSR count). The van der Waals surface area contributed by atoms with E-state index in [-0.39, 0.29) is 24.1 Å². The van der Waals surface area contributed by atoms with Crippen LogP contribution in [-0.2, 0) is 9.59 Å². The van der Waals surface area contributed by atoms with E-state index in [1.54, 1.807) is 38.4 Å². The Balaban J connectivity index is 1.49. The number of fused-ring (bicyclic) bond motifs is 1. The molecule has 0 spiro atoms. The van der Waals surface area contributed by atoms with E-state index in [4.69, 9.17) is 4.74 Å². The van der Waals surface area contributed by atoms with Crippen molar-refractivity contribution in [3.05, 3.63) is 66.7 Å². The van der Waals surface area contributed by atoms with Crippen molar-refractivity contribution in [2.45, 2.75) is 4.90 Å². The van der Waals surface area contributed by atoms with Crippen LogP contribution in [0, 0.1) is 0 Å². The maximum Gasteiger partial charge on any atom is 0.243 e. The van der Waals surface area contributed by atoms with Crippen molar-refractivity contribution in [3.8, 4) is 5.75 Å². The molecule has 0 unspecified atom stereocenters. The van der Waals surface area contributed by atoms with Gasteiger partial charge in [-0.05, 0) is 47.2 Å². The summed E-state index contributed by atoms with van der Waals surface area (Å²) in [6, 6.07) is 21.3. The monoisotopic (exact) mass is 394 g/mol. The highest BCUT2D eigenvalue weighted by Gasteiger charge is 2.13. The smallest absolute Gasteiger partial charge is 0.243 e. The third kappa shape index (κ3) is 5.27. The summed E-state index contributed by atoms with van der Waals surface area (Å²) in [5.74, 6) is 0.667. The van der Waals surface area contributed by atoms with Crippen LogP contribution in [0.5, 0.6) is 5.75 Å². The Morgan fingerprint density at radius 1 is 1.00 bits per heavy atom. The van der Waals surface area contributed by atoms with Gasteiger partial charge in [-0.2, -0.15) is 0 Å². The SMILES string of the molecule is COc1ccc(NC(=O)CN(C)C(=O)CSc2ccc3ccccc3c2)cc1. The first-order valence-corrected chi connectivity index (χ1v) is 9.83. The van der Waals surface area contributed by atoms with Crippen molar-refractivity contribution < 1.29 is 14.3 Å². The zero-order chi connectivity index (χ0) is 19.9. The first-order valence-electron chi connectivity index (χ1n) is 8.84. The molecule has 0 heterocycles. The van der Waals surface area contributed by atoms with Gasteiger partial charge in [0, 0.05) is 17.6 Å². The second kappa shape index (κ2) is 9.28. The molecule has 0 fully saturated rings. The summed E-state index contributed by atoms with van der Waals surface area (Å²) in [6.07, 6.45) is 0. The molecule has 3 aromatic rings. The van der Waals surface area contributed by atoms with Gasteiger partial charge in [-0.3, -0.25) is 9.59 Å². The lowest BCUT2D eigenvalue weighted by Gasteiger charge is -2.17. The van der Waals surface area contributed by atoms with Gasteiger partial charge >= 0.3 is 0 Å². The molecule has 0 bridgehead atoms. The topological polar surface area (TPSA) is 58.6 Å². The van der Waals surface area contributed by atoms with Crippen LogP contribution in [0.15, 0.2) is 71.6 Å². The molecule has 144 valence electrons. The largest absolute Gasteiger partial charge is 0.497 e. The molecule has 2 amide bonds. The first kappa shape index (κ1) is 19.8. The van der Waals surface area contributed by atoms with Crippen LogP contribution in [0.1, 0.15) is 0 Å². The number of likely N-dealkylation sites (N-methyl/N-ethyl adjacent to an activating group) is 1. The molecule has 0 aliphatic carbocycles. The van der Waals surface area contributed by atoms with Crippen LogP contribution in [0.4, 0.5) is 5.69 Å². The van der Waals surface area contributed by atoms with Gasteiger partial charge in [0.1, 0.15) is 5.75 Å². The zero-order valence-electron chi connectivity index (χ0n) is 15.8. The quantitative estimate of drug-likeness (QED) is 0.615. The molecule has 0 atom stereocenters. The van der Waals surface area contributed by atoms with Gasteiger partial charge in [-0.15, -0.1) is 11.8 Å². The highest BCUT2D eigenvalue weighted by Crippen LogP contribution is 2.23. The van der Waals surface area contributed by atoms with Crippen LogP contribution < -0.4 is 10.1 Å². The van der Waals surface area contributed by atoms with Crippen molar-refractivity contribution in [2.24, 2.45) is 0 Å². The summed E-state index contributed by atoms with van der Waals surface area (Å²) in [5, 5.41) is 5.10. The average molecular weight is 394 g/mol. The van der Waals surface area contributed by atoms with Gasteiger partial charge < -0.3 is 15.0 Å². The number of ether oxygens (including phenoxy) is 1. The summed E-state index contributed by atoms with van der Waals surface area (Å²) in [5.41, 5.74) is 0.664. The van der Waals surface area contributed by atoms with Crippen LogP contribution in [0.3, 0.4) is 0 Å². The lowest BCUT2D eigenvalue weighted by Crippen LogP contribution is -2.35. The van der Waals surface area contributed by atoms with E-state index in [1.165, 1.54) is 22.0 Å². The summed E-state index contributed by atoms with van der Waals surface area (Å²) < 4.78 is 5.09. The average Bonchev–Trinajstić information content (AvgIpc) is 2.72. The van der Waals surface area contributed by atoms with Gasteiger partial charge in [0.2, 0.25) is 11.8 Å². The number of benzene rings is 3. The van der Waals surface area contributed by atoms with Gasteiger partial charge in [0.15, 0.2) is 0 Å². The van der Waals surface area contributed by atoms with E-state index in [1.807, 2.05) is 24.3 Å². The summed E-state index contributed by atoms with van der Waals surface area (Å²) in [7, 11) is 3.22. The van der Waals surface area contributed by atoms with E-state index >= 15 is 0 Å². The number of anilines is 1. The predicted molar refractivity (Wildman–Crippen MR) is 114 cm³/mol. The third-order valence-electron chi connectivity index (χ3n) is 4.26. The minimum atomic E-state index is -0.239. The van der Waals surface area contributed by atoms with Crippen molar-refractivity contribution in [1.29, 1.82) is 0 Å². The molecule has 0 aromatic heterocycles. The van der Waals surface area contributed by atoms with Crippen molar-refractivity contribution in [1.82, 2.24) is 4.90 Å². The molecule has 3 aromatic carbocycles. The normalized spacial score (nSPS) is 10.5. The molecule has 0 saturated carbocycles. The Morgan fingerprint density at radius 2 is 1.71 bits per heavy atom. The lowest BCUT2D eigenvalue weighted by molar-refractivity contribution is -0.131. The van der Waals surface area contributed by atoms with E-state index in [0.717, 1.165) is 16.0 Å². The number of carbonyl (C=O) groups is 2. The molecule has 0 saturated heterocycles. The zero-order valence-corrected chi connectivity index (χ0v) is 16.7. The first-order chi connectivity index (χ1) is 13.5. The van der Waals surface area contributed by atoms with Crippen LogP contribution in [0.25, 0.3) is 10.8 Å². The molecule has 6 heteroatoms. The van der Waals surface area contributed by atoms with E-state index in [2.05, 4.69) is 23.5 Å². The number of carbonyl (C=O) groups excluding carboxylic acids is 2. The number of nitrogens with zero attached hydrogens (tertiary/aromatic N) is 1. The van der Waals surface area contributed by atoms with Crippen molar-refractivity contribution in [3.63, 3.8) is 0 Å². The number of rotatable bonds is 7. The van der Waals surface area contributed by atoms with Crippen LogP contribution >= 0.6 is 11.8 Å². The molecule has 0 aliphatic rings. The maximum atomic E-state index is 12.4. The number of hydrogen-bond acceptors (Lipinski definition) is 4. The Labute approximate surface area is 168 Å². The van der Waals surface area contributed by atoms with E-state index in [9.17, 15) is 9.59 Å². The fraction of sp³-hybridized carbons (Fsp3) is 0.182. The predicted octanol–water partition coefficient (Wildman–Crippen LogP) is 4.04. The Hall–Kier alpha value is -2.99. The molecule has 0 radical (unpaired) electrons. The van der Waals surface area contributed by atoms with E-state index in [0.29, 0.717) is 5.69 Å². The highest BCUT2D eigenvalue weighted by atomic mass is 32.2. The molecule has 0 aliphatic heterocycles. The number of nitrogens with one attached hydrogen (secondary N) is 1. The van der Waals surface area contributed by atoms with Gasteiger partial charge in [0.05, 0.1) is 19.4 Å². The summed E-state index contributed by atoms with van der Waals surface area (Å²) >= 11 is 1.47. The standard InChI is InChI=1S/C22H22N2O3S/c1-24(14-21(25)23-18-8-10-19(27-2)11-9-18)22(26)15-28-20-12-7-16-5-3-4-6-17(16)13-20/h3-13H,14-15H2,1-2H3,(H,23,25). The maximum absolute atomic E-state index is 12.4. The molecule has 28 heavy (non-hydrogen) atoms. The number of hydrogen-bond donors (Lipinski definition) is 1. The van der Waals surface area contributed by atoms with Gasteiger partial charge in [0.25, 0.3) is 0 Å². The molecule has 1 N–H and O–H groups in total. The van der Waals surface area contributed by atoms with Gasteiger partial charge in [-0.25, -0.2) is 0 Å². The van der Waals surface area contributed by atoms with E-state index < -0.39 is 0 Å². The third-order valence-corrected chi connectivity index (χ3v) is 5.24. The van der Waals surface area contributed by atoms with Crippen molar-refractivity contribution >= 4 is 40.0 Å². The number of amides is 2. The molecular formula is C22H22N2O3S. The number of thioether (sulfide) groups is 1. The molecular weight excluding hydrogens is 372 g/mol. The summed E-state index contributed by atoms with van der Waals surface area (Å²) in [6.45, 7) is 0.00312. The second-order valence-corrected chi connectivity index (χ2v) is 7.37. The number of methoxy groups -OCH3 is 1. The van der Waals surface area contributed by atoms with Crippen LogP contribution in [-0.4, -0.2) is 43.2 Å². The van der Waals surface area contributed by atoms with Crippen molar-refractivity contribution in [2.75, 3.05) is 31.8 Å². The Kier molecular flexibility index (Phi) is 6.55. The van der Waals surface area contributed by atoms with Gasteiger partial charge in [-0.1, -0.05) is 30.3 Å². The fourth-order valence-corrected chi connectivity index (χ4v) is 3.58. The Bertz CT molecular complexity index is 973. The summed E-state index contributed by atoms with van der Waals surface area (Å²) in [4.78, 5) is 27.0.